The topological polar surface area (TPSA) is 70.6 Å². The number of halogens is 2. The number of anilines is 2. The fourth-order valence-electron chi connectivity index (χ4n) is 3.43. The second-order valence-electron chi connectivity index (χ2n) is 9.65. The lowest BCUT2D eigenvalue weighted by Gasteiger charge is -2.30. The van der Waals surface area contributed by atoms with Gasteiger partial charge in [-0.1, -0.05) is 41.5 Å². The lowest BCUT2D eigenvalue weighted by molar-refractivity contribution is -0.122. The highest BCUT2D eigenvalue weighted by Crippen LogP contribution is 2.40. The molecule has 2 aromatic rings. The second-order valence-corrected chi connectivity index (χ2v) is 9.65. The Morgan fingerprint density at radius 1 is 1.03 bits per heavy atom. The molecule has 1 amide bonds. The van der Waals surface area contributed by atoms with Gasteiger partial charge in [-0.2, -0.15) is 0 Å². The van der Waals surface area contributed by atoms with E-state index in [1.54, 1.807) is 6.07 Å². The van der Waals surface area contributed by atoms with Gasteiger partial charge in [-0.05, 0) is 28.0 Å². The molecule has 1 atom stereocenters. The summed E-state index contributed by atoms with van der Waals surface area (Å²) in [7, 11) is 0. The molecule has 0 radical (unpaired) electrons. The number of aromatic hydroxyl groups is 1. The van der Waals surface area contributed by atoms with Gasteiger partial charge in [0.1, 0.15) is 11.5 Å². The van der Waals surface area contributed by atoms with Gasteiger partial charge in [0.15, 0.2) is 17.7 Å². The first-order valence-corrected chi connectivity index (χ1v) is 9.86. The average Bonchev–Trinajstić information content (AvgIpc) is 2.60. The van der Waals surface area contributed by atoms with Crippen LogP contribution in [0.15, 0.2) is 24.3 Å². The number of ether oxygens (including phenoxy) is 1. The first kappa shape index (κ1) is 21.9. The molecule has 0 fully saturated rings. The summed E-state index contributed by atoms with van der Waals surface area (Å²) in [5.41, 5.74) is 1.86. The Morgan fingerprint density at radius 2 is 1.63 bits per heavy atom. The molecule has 0 saturated heterocycles. The minimum atomic E-state index is -1.05. The van der Waals surface area contributed by atoms with Crippen LogP contribution in [-0.2, 0) is 15.6 Å². The van der Waals surface area contributed by atoms with Crippen LogP contribution in [0.1, 0.15) is 52.7 Å². The third-order valence-corrected chi connectivity index (χ3v) is 5.07. The van der Waals surface area contributed by atoms with Crippen molar-refractivity contribution in [1.82, 2.24) is 0 Å². The van der Waals surface area contributed by atoms with E-state index in [0.29, 0.717) is 11.4 Å². The molecule has 1 heterocycles. The van der Waals surface area contributed by atoms with Crippen LogP contribution in [0.2, 0.25) is 0 Å². The highest BCUT2D eigenvalue weighted by molar-refractivity contribution is 5.96. The van der Waals surface area contributed by atoms with E-state index >= 15 is 0 Å². The van der Waals surface area contributed by atoms with E-state index < -0.39 is 23.6 Å². The number of phenols is 1. The molecule has 0 spiro atoms. The molecule has 7 heteroatoms. The monoisotopic (exact) mass is 418 g/mol. The zero-order valence-electron chi connectivity index (χ0n) is 18.1. The molecule has 0 aromatic heterocycles. The molecule has 3 N–H and O–H groups in total. The Hall–Kier alpha value is -2.83. The maximum absolute atomic E-state index is 13.5. The van der Waals surface area contributed by atoms with Crippen molar-refractivity contribution in [1.29, 1.82) is 0 Å². The summed E-state index contributed by atoms with van der Waals surface area (Å²) >= 11 is 0. The summed E-state index contributed by atoms with van der Waals surface area (Å²) in [6.07, 6.45) is -0.945. The number of hydrogen-bond acceptors (Lipinski definition) is 4. The summed E-state index contributed by atoms with van der Waals surface area (Å²) in [4.78, 5) is 12.9. The van der Waals surface area contributed by atoms with E-state index in [2.05, 4.69) is 10.6 Å². The van der Waals surface area contributed by atoms with Crippen LogP contribution in [0.4, 0.5) is 20.2 Å². The molecule has 1 aliphatic heterocycles. The number of fused-ring (bicyclic) bond motifs is 1. The molecule has 3 rings (SSSR count). The summed E-state index contributed by atoms with van der Waals surface area (Å²) in [6, 6.07) is 5.39. The van der Waals surface area contributed by atoms with Crippen molar-refractivity contribution in [2.24, 2.45) is 0 Å². The largest absolute Gasteiger partial charge is 0.508 e. The fraction of sp³-hybridized carbons (Fsp3) is 0.435. The normalized spacial score (nSPS) is 16.3. The second kappa shape index (κ2) is 7.45. The van der Waals surface area contributed by atoms with Gasteiger partial charge in [0.05, 0.1) is 12.2 Å². The van der Waals surface area contributed by atoms with E-state index in [1.807, 2.05) is 47.6 Å². The number of nitrogens with one attached hydrogen (secondary N) is 2. The number of phenolic OH excluding ortho intramolecular Hbond substituents is 1. The van der Waals surface area contributed by atoms with Crippen molar-refractivity contribution >= 4 is 17.3 Å². The zero-order chi connectivity index (χ0) is 22.4. The Bertz CT molecular complexity index is 991. The molecule has 162 valence electrons. The highest BCUT2D eigenvalue weighted by atomic mass is 19.2. The van der Waals surface area contributed by atoms with E-state index in [0.717, 1.165) is 23.3 Å². The Kier molecular flexibility index (Phi) is 5.43. The maximum Gasteiger partial charge on any atom is 0.267 e. The highest BCUT2D eigenvalue weighted by Gasteiger charge is 2.30. The molecule has 0 saturated carbocycles. The van der Waals surface area contributed by atoms with E-state index in [4.69, 9.17) is 4.74 Å². The molecule has 0 aliphatic carbocycles. The van der Waals surface area contributed by atoms with Crippen LogP contribution in [0.3, 0.4) is 0 Å². The number of benzene rings is 2. The standard InChI is InChI=1S/C23H28F2N2O3/c1-22(2,3)12-7-13(23(4,5)6)18(28)10-16(12)27-21(29)20-11-26-17-8-14(24)15(25)9-19(17)30-20/h7-10,20,26,28H,11H2,1-6H3,(H,27,29). The first-order chi connectivity index (χ1) is 13.8. The lowest BCUT2D eigenvalue weighted by atomic mass is 9.79. The lowest BCUT2D eigenvalue weighted by Crippen LogP contribution is -2.41. The van der Waals surface area contributed by atoms with E-state index in [-0.39, 0.29) is 28.9 Å². The van der Waals surface area contributed by atoms with Crippen molar-refractivity contribution in [3.05, 3.63) is 47.0 Å². The van der Waals surface area contributed by atoms with Gasteiger partial charge in [-0.3, -0.25) is 4.79 Å². The van der Waals surface area contributed by atoms with Crippen LogP contribution < -0.4 is 15.4 Å². The van der Waals surface area contributed by atoms with Crippen molar-refractivity contribution in [3.8, 4) is 11.5 Å². The Labute approximate surface area is 175 Å². The van der Waals surface area contributed by atoms with Gasteiger partial charge < -0.3 is 20.5 Å². The molecule has 30 heavy (non-hydrogen) atoms. The van der Waals surface area contributed by atoms with Crippen molar-refractivity contribution < 1.29 is 23.4 Å². The summed E-state index contributed by atoms with van der Waals surface area (Å²) in [6.45, 7) is 12.2. The van der Waals surface area contributed by atoms with Crippen LogP contribution in [0.5, 0.6) is 11.5 Å². The third kappa shape index (κ3) is 4.35. The van der Waals surface area contributed by atoms with Crippen LogP contribution in [0, 0.1) is 11.6 Å². The molecular formula is C23H28F2N2O3. The Morgan fingerprint density at radius 3 is 2.23 bits per heavy atom. The van der Waals surface area contributed by atoms with Gasteiger partial charge in [-0.25, -0.2) is 8.78 Å². The fourth-order valence-corrected chi connectivity index (χ4v) is 3.43. The summed E-state index contributed by atoms with van der Waals surface area (Å²) < 4.78 is 32.5. The number of carbonyl (C=O) groups is 1. The smallest absolute Gasteiger partial charge is 0.267 e. The minimum Gasteiger partial charge on any atom is -0.508 e. The molecular weight excluding hydrogens is 390 g/mol. The molecule has 2 aromatic carbocycles. The molecule has 5 nitrogen and oxygen atoms in total. The van der Waals surface area contributed by atoms with Crippen LogP contribution >= 0.6 is 0 Å². The van der Waals surface area contributed by atoms with Crippen molar-refractivity contribution in [2.75, 3.05) is 17.2 Å². The minimum absolute atomic E-state index is 0.0715. The van der Waals surface area contributed by atoms with Gasteiger partial charge in [0.25, 0.3) is 5.91 Å². The van der Waals surface area contributed by atoms with Gasteiger partial charge in [0, 0.05) is 23.9 Å². The van der Waals surface area contributed by atoms with Gasteiger partial charge in [-0.15, -0.1) is 0 Å². The zero-order valence-corrected chi connectivity index (χ0v) is 18.1. The third-order valence-electron chi connectivity index (χ3n) is 5.07. The summed E-state index contributed by atoms with van der Waals surface area (Å²) in [5, 5.41) is 16.3. The maximum atomic E-state index is 13.5. The quantitative estimate of drug-likeness (QED) is 0.636. The van der Waals surface area contributed by atoms with E-state index in [9.17, 15) is 18.7 Å². The summed E-state index contributed by atoms with van der Waals surface area (Å²) in [5.74, 6) is -2.32. The number of amides is 1. The molecule has 0 bridgehead atoms. The van der Waals surface area contributed by atoms with Crippen molar-refractivity contribution in [3.63, 3.8) is 0 Å². The van der Waals surface area contributed by atoms with Gasteiger partial charge in [0.2, 0.25) is 0 Å². The number of hydrogen-bond donors (Lipinski definition) is 3. The average molecular weight is 418 g/mol. The SMILES string of the molecule is CC(C)(C)c1cc(C(C)(C)C)c(NC(=O)C2CNc3cc(F)c(F)cc3O2)cc1O. The Balaban J connectivity index is 1.89. The predicted octanol–water partition coefficient (Wildman–Crippen LogP) is 5.08. The van der Waals surface area contributed by atoms with Crippen LogP contribution in [-0.4, -0.2) is 23.7 Å². The van der Waals surface area contributed by atoms with Crippen LogP contribution in [0.25, 0.3) is 0 Å². The van der Waals surface area contributed by atoms with Gasteiger partial charge >= 0.3 is 0 Å². The van der Waals surface area contributed by atoms with E-state index in [1.165, 1.54) is 0 Å². The number of rotatable bonds is 2. The molecule has 1 aliphatic rings. The molecule has 1 unspecified atom stereocenters. The van der Waals surface area contributed by atoms with Crippen molar-refractivity contribution in [2.45, 2.75) is 58.5 Å². The number of carbonyl (C=O) groups excluding carboxylic acids is 1. The predicted molar refractivity (Wildman–Crippen MR) is 113 cm³/mol. The first-order valence-electron chi connectivity index (χ1n) is 9.86.